The van der Waals surface area contributed by atoms with E-state index in [1.807, 2.05) is 13.0 Å². The minimum Gasteiger partial charge on any atom is -0.370 e. The predicted molar refractivity (Wildman–Crippen MR) is 68.4 cm³/mol. The van der Waals surface area contributed by atoms with Gasteiger partial charge in [0.15, 0.2) is 0 Å². The molecule has 3 heteroatoms. The fourth-order valence-corrected chi connectivity index (χ4v) is 2.01. The quantitative estimate of drug-likeness (QED) is 0.830. The molecule has 0 unspecified atom stereocenters. The van der Waals surface area contributed by atoms with E-state index < -0.39 is 0 Å². The molecule has 1 aromatic rings. The maximum atomic E-state index is 4.21. The van der Waals surface area contributed by atoms with Gasteiger partial charge in [0.05, 0.1) is 0 Å². The Kier molecular flexibility index (Phi) is 4.71. The summed E-state index contributed by atoms with van der Waals surface area (Å²) in [6.45, 7) is 12.1. The third-order valence-corrected chi connectivity index (χ3v) is 3.04. The van der Waals surface area contributed by atoms with Crippen LogP contribution < -0.4 is 5.32 Å². The standard InChI is InChI=1S/C13H23N3/c1-9(2)12(10(3)4)7-14-13-6-11(5)15-8-16-13/h6,8-10,12H,7H2,1-5H3,(H,14,15,16). The molecule has 1 aromatic heterocycles. The predicted octanol–water partition coefficient (Wildman–Crippen LogP) is 3.13. The molecule has 90 valence electrons. The monoisotopic (exact) mass is 221 g/mol. The summed E-state index contributed by atoms with van der Waals surface area (Å²) in [5, 5.41) is 3.40. The first kappa shape index (κ1) is 12.9. The Morgan fingerprint density at radius 2 is 1.75 bits per heavy atom. The second-order valence-corrected chi connectivity index (χ2v) is 5.08. The maximum absolute atomic E-state index is 4.21. The summed E-state index contributed by atoms with van der Waals surface area (Å²) in [5.41, 5.74) is 1.00. The Balaban J connectivity index is 2.55. The van der Waals surface area contributed by atoms with Crippen molar-refractivity contribution in [1.82, 2.24) is 9.97 Å². The van der Waals surface area contributed by atoms with E-state index in [1.165, 1.54) is 0 Å². The van der Waals surface area contributed by atoms with Crippen LogP contribution >= 0.6 is 0 Å². The van der Waals surface area contributed by atoms with Crippen molar-refractivity contribution in [1.29, 1.82) is 0 Å². The van der Waals surface area contributed by atoms with E-state index in [-0.39, 0.29) is 0 Å². The molecule has 3 nitrogen and oxygen atoms in total. The van der Waals surface area contributed by atoms with Crippen LogP contribution in [-0.4, -0.2) is 16.5 Å². The molecule has 1 heterocycles. The van der Waals surface area contributed by atoms with Crippen LogP contribution in [0, 0.1) is 24.7 Å². The third-order valence-electron chi connectivity index (χ3n) is 3.04. The first-order valence-electron chi connectivity index (χ1n) is 6.03. The van der Waals surface area contributed by atoms with Gasteiger partial charge in [-0.1, -0.05) is 27.7 Å². The van der Waals surface area contributed by atoms with Crippen molar-refractivity contribution >= 4 is 5.82 Å². The van der Waals surface area contributed by atoms with Gasteiger partial charge in [-0.25, -0.2) is 9.97 Å². The van der Waals surface area contributed by atoms with Crippen molar-refractivity contribution in [2.45, 2.75) is 34.6 Å². The van der Waals surface area contributed by atoms with Crippen LogP contribution in [0.25, 0.3) is 0 Å². The highest BCUT2D eigenvalue weighted by molar-refractivity contribution is 5.34. The average molecular weight is 221 g/mol. The summed E-state index contributed by atoms with van der Waals surface area (Å²) in [4.78, 5) is 8.29. The molecule has 0 aliphatic carbocycles. The summed E-state index contributed by atoms with van der Waals surface area (Å²) < 4.78 is 0. The highest BCUT2D eigenvalue weighted by atomic mass is 15.0. The zero-order chi connectivity index (χ0) is 12.1. The molecular weight excluding hydrogens is 198 g/mol. The number of nitrogens with zero attached hydrogens (tertiary/aromatic N) is 2. The van der Waals surface area contributed by atoms with Crippen molar-refractivity contribution in [3.05, 3.63) is 18.1 Å². The van der Waals surface area contributed by atoms with Gasteiger partial charge in [-0.3, -0.25) is 0 Å². The molecule has 0 aliphatic heterocycles. The number of aryl methyl sites for hydroxylation is 1. The van der Waals surface area contributed by atoms with Crippen LogP contribution in [0.2, 0.25) is 0 Å². The van der Waals surface area contributed by atoms with Crippen molar-refractivity contribution in [2.24, 2.45) is 17.8 Å². The number of anilines is 1. The van der Waals surface area contributed by atoms with Crippen LogP contribution in [0.3, 0.4) is 0 Å². The van der Waals surface area contributed by atoms with E-state index >= 15 is 0 Å². The molecular formula is C13H23N3. The summed E-state index contributed by atoms with van der Waals surface area (Å²) in [6, 6.07) is 1.98. The lowest BCUT2D eigenvalue weighted by Crippen LogP contribution is -2.24. The highest BCUT2D eigenvalue weighted by Gasteiger charge is 2.17. The summed E-state index contributed by atoms with van der Waals surface area (Å²) in [6.07, 6.45) is 1.61. The van der Waals surface area contributed by atoms with Crippen molar-refractivity contribution < 1.29 is 0 Å². The van der Waals surface area contributed by atoms with Gasteiger partial charge in [0.2, 0.25) is 0 Å². The highest BCUT2D eigenvalue weighted by Crippen LogP contribution is 2.20. The van der Waals surface area contributed by atoms with Crippen LogP contribution in [-0.2, 0) is 0 Å². The minimum atomic E-state index is 0.676. The van der Waals surface area contributed by atoms with Gasteiger partial charge in [0.1, 0.15) is 12.1 Å². The SMILES string of the molecule is Cc1cc(NCC(C(C)C)C(C)C)ncn1. The van der Waals surface area contributed by atoms with Crippen LogP contribution in [0.15, 0.2) is 12.4 Å². The second kappa shape index (κ2) is 5.83. The molecule has 1 N–H and O–H groups in total. The van der Waals surface area contributed by atoms with Crippen molar-refractivity contribution in [3.63, 3.8) is 0 Å². The van der Waals surface area contributed by atoms with Gasteiger partial charge in [0, 0.05) is 18.3 Å². The molecule has 1 rings (SSSR count). The number of rotatable bonds is 5. The summed E-state index contributed by atoms with van der Waals surface area (Å²) in [5.74, 6) is 2.99. The van der Waals surface area contributed by atoms with Crippen LogP contribution in [0.5, 0.6) is 0 Å². The third kappa shape index (κ3) is 3.80. The molecule has 0 aliphatic rings. The Morgan fingerprint density at radius 1 is 1.12 bits per heavy atom. The molecule has 16 heavy (non-hydrogen) atoms. The fourth-order valence-electron chi connectivity index (χ4n) is 2.01. The van der Waals surface area contributed by atoms with Crippen molar-refractivity contribution in [2.75, 3.05) is 11.9 Å². The molecule has 0 saturated carbocycles. The van der Waals surface area contributed by atoms with Gasteiger partial charge in [0.25, 0.3) is 0 Å². The van der Waals surface area contributed by atoms with E-state index in [4.69, 9.17) is 0 Å². The Labute approximate surface area is 98.7 Å². The molecule has 0 amide bonds. The van der Waals surface area contributed by atoms with Crippen LogP contribution in [0.1, 0.15) is 33.4 Å². The first-order valence-corrected chi connectivity index (χ1v) is 6.03. The lowest BCUT2D eigenvalue weighted by Gasteiger charge is -2.25. The second-order valence-electron chi connectivity index (χ2n) is 5.08. The Hall–Kier alpha value is -1.12. The molecule has 0 spiro atoms. The average Bonchev–Trinajstić information content (AvgIpc) is 2.16. The van der Waals surface area contributed by atoms with E-state index in [2.05, 4.69) is 43.0 Å². The molecule has 0 atom stereocenters. The van der Waals surface area contributed by atoms with Gasteiger partial charge >= 0.3 is 0 Å². The largest absolute Gasteiger partial charge is 0.370 e. The Morgan fingerprint density at radius 3 is 2.25 bits per heavy atom. The fraction of sp³-hybridized carbons (Fsp3) is 0.692. The molecule has 0 bridgehead atoms. The van der Waals surface area contributed by atoms with E-state index in [0.717, 1.165) is 18.1 Å². The van der Waals surface area contributed by atoms with Gasteiger partial charge in [-0.05, 0) is 24.7 Å². The topological polar surface area (TPSA) is 37.8 Å². The molecule has 0 saturated heterocycles. The Bertz CT molecular complexity index is 313. The van der Waals surface area contributed by atoms with Gasteiger partial charge in [-0.15, -0.1) is 0 Å². The number of aromatic nitrogens is 2. The normalized spacial score (nSPS) is 11.5. The smallest absolute Gasteiger partial charge is 0.129 e. The van der Waals surface area contributed by atoms with Gasteiger partial charge in [-0.2, -0.15) is 0 Å². The zero-order valence-corrected chi connectivity index (χ0v) is 11.0. The van der Waals surface area contributed by atoms with Crippen molar-refractivity contribution in [3.8, 4) is 0 Å². The lowest BCUT2D eigenvalue weighted by molar-refractivity contribution is 0.304. The zero-order valence-electron chi connectivity index (χ0n) is 11.0. The molecule has 0 aromatic carbocycles. The van der Waals surface area contributed by atoms with E-state index in [9.17, 15) is 0 Å². The summed E-state index contributed by atoms with van der Waals surface area (Å²) in [7, 11) is 0. The number of hydrogen-bond acceptors (Lipinski definition) is 3. The van der Waals surface area contributed by atoms with Crippen LogP contribution in [0.4, 0.5) is 5.82 Å². The van der Waals surface area contributed by atoms with Gasteiger partial charge < -0.3 is 5.32 Å². The number of hydrogen-bond donors (Lipinski definition) is 1. The van der Waals surface area contributed by atoms with E-state index in [1.54, 1.807) is 6.33 Å². The lowest BCUT2D eigenvalue weighted by atomic mass is 9.85. The van der Waals surface area contributed by atoms with E-state index in [0.29, 0.717) is 17.8 Å². The minimum absolute atomic E-state index is 0.676. The number of nitrogens with one attached hydrogen (secondary N) is 1. The summed E-state index contributed by atoms with van der Waals surface area (Å²) >= 11 is 0. The molecule has 0 fully saturated rings. The maximum Gasteiger partial charge on any atom is 0.129 e. The molecule has 0 radical (unpaired) electrons. The first-order chi connectivity index (χ1) is 7.50.